The molecule has 0 aromatic heterocycles. The quantitative estimate of drug-likeness (QED) is 0.308. The van der Waals surface area contributed by atoms with Crippen LogP contribution in [0.1, 0.15) is 63.5 Å². The van der Waals surface area contributed by atoms with E-state index in [1.54, 1.807) is 0 Å². The maximum absolute atomic E-state index is 4.21. The third-order valence-corrected chi connectivity index (χ3v) is 4.63. The van der Waals surface area contributed by atoms with Gasteiger partial charge >= 0.3 is 0 Å². The molecule has 0 heteroatoms. The Morgan fingerprint density at radius 2 is 1.86 bits per heavy atom. The Morgan fingerprint density at radius 3 is 2.45 bits per heavy atom. The summed E-state index contributed by atoms with van der Waals surface area (Å²) < 4.78 is 0. The fraction of sp³-hybridized carbons (Fsp3) is 0.545. The first kappa shape index (κ1) is 18.7. The Morgan fingerprint density at radius 1 is 1.18 bits per heavy atom. The number of hydrogen-bond donors (Lipinski definition) is 0. The van der Waals surface area contributed by atoms with Crippen LogP contribution in [0.15, 0.2) is 49.1 Å². The highest BCUT2D eigenvalue weighted by Crippen LogP contribution is 2.22. The Labute approximate surface area is 138 Å². The Balaban J connectivity index is 2.25. The van der Waals surface area contributed by atoms with Crippen molar-refractivity contribution in [2.75, 3.05) is 0 Å². The molecule has 0 amide bonds. The third-order valence-electron chi connectivity index (χ3n) is 4.63. The van der Waals surface area contributed by atoms with Crippen molar-refractivity contribution in [3.8, 4) is 0 Å². The molecule has 0 heterocycles. The second-order valence-electron chi connectivity index (χ2n) is 6.88. The average Bonchev–Trinajstić information content (AvgIpc) is 2.52. The van der Waals surface area contributed by atoms with Crippen molar-refractivity contribution in [3.63, 3.8) is 0 Å². The minimum absolute atomic E-state index is 0.567. The third kappa shape index (κ3) is 7.64. The lowest BCUT2D eigenvalue weighted by Gasteiger charge is -2.15. The summed E-state index contributed by atoms with van der Waals surface area (Å²) in [5.74, 6) is 1.39. The zero-order chi connectivity index (χ0) is 16.4. The molecule has 0 aliphatic carbocycles. The number of hydrogen-bond acceptors (Lipinski definition) is 0. The van der Waals surface area contributed by atoms with Gasteiger partial charge in [0.1, 0.15) is 0 Å². The summed E-state index contributed by atoms with van der Waals surface area (Å²) in [4.78, 5) is 0. The Bertz CT molecular complexity index is 438. The molecule has 1 aromatic rings. The molecule has 2 unspecified atom stereocenters. The minimum Gasteiger partial charge on any atom is -0.103 e. The van der Waals surface area contributed by atoms with E-state index in [2.05, 4.69) is 58.2 Å². The normalized spacial score (nSPS) is 13.6. The van der Waals surface area contributed by atoms with Gasteiger partial charge in [-0.3, -0.25) is 0 Å². The molecular weight excluding hydrogens is 264 g/mol. The first-order valence-electron chi connectivity index (χ1n) is 8.89. The van der Waals surface area contributed by atoms with Gasteiger partial charge in [-0.2, -0.15) is 0 Å². The van der Waals surface area contributed by atoms with Gasteiger partial charge in [0, 0.05) is 0 Å². The van der Waals surface area contributed by atoms with Gasteiger partial charge in [-0.1, -0.05) is 81.2 Å². The van der Waals surface area contributed by atoms with E-state index in [9.17, 15) is 0 Å². The van der Waals surface area contributed by atoms with Crippen molar-refractivity contribution in [2.24, 2.45) is 11.8 Å². The SMILES string of the molecule is C=CC(C)CC(=C)CCCCC(CC)Cc1ccc(C)cc1. The lowest BCUT2D eigenvalue weighted by Crippen LogP contribution is -2.03. The molecule has 0 saturated carbocycles. The summed E-state index contributed by atoms with van der Waals surface area (Å²) in [5, 5.41) is 0. The molecule has 0 aliphatic heterocycles. The van der Waals surface area contributed by atoms with Gasteiger partial charge in [-0.25, -0.2) is 0 Å². The molecule has 0 spiro atoms. The van der Waals surface area contributed by atoms with Crippen LogP contribution in [0, 0.1) is 18.8 Å². The van der Waals surface area contributed by atoms with Crippen molar-refractivity contribution in [2.45, 2.75) is 65.7 Å². The smallest absolute Gasteiger partial charge is 0.0227 e. The second-order valence-corrected chi connectivity index (χ2v) is 6.88. The Hall–Kier alpha value is -1.30. The number of benzene rings is 1. The van der Waals surface area contributed by atoms with E-state index in [0.29, 0.717) is 5.92 Å². The molecular formula is C22H34. The topological polar surface area (TPSA) is 0 Å². The monoisotopic (exact) mass is 298 g/mol. The molecule has 0 aliphatic rings. The van der Waals surface area contributed by atoms with Gasteiger partial charge in [0.05, 0.1) is 0 Å². The number of allylic oxidation sites excluding steroid dienone is 2. The minimum atomic E-state index is 0.567. The second kappa shape index (κ2) is 10.4. The van der Waals surface area contributed by atoms with Crippen LogP contribution in [0.2, 0.25) is 0 Å². The first-order chi connectivity index (χ1) is 10.5. The van der Waals surface area contributed by atoms with Crippen LogP contribution in [0.3, 0.4) is 0 Å². The van der Waals surface area contributed by atoms with Crippen LogP contribution in [0.4, 0.5) is 0 Å². The molecule has 0 fully saturated rings. The molecule has 22 heavy (non-hydrogen) atoms. The van der Waals surface area contributed by atoms with Crippen LogP contribution >= 0.6 is 0 Å². The zero-order valence-electron chi connectivity index (χ0n) is 14.9. The summed E-state index contributed by atoms with van der Waals surface area (Å²) in [7, 11) is 0. The Kier molecular flexibility index (Phi) is 8.89. The van der Waals surface area contributed by atoms with Crippen molar-refractivity contribution >= 4 is 0 Å². The molecule has 0 N–H and O–H groups in total. The predicted molar refractivity (Wildman–Crippen MR) is 100 cm³/mol. The predicted octanol–water partition coefficient (Wildman–Crippen LogP) is 6.89. The van der Waals surface area contributed by atoms with Gasteiger partial charge in [0.15, 0.2) is 0 Å². The average molecular weight is 299 g/mol. The van der Waals surface area contributed by atoms with Crippen LogP contribution in [0.25, 0.3) is 0 Å². The highest BCUT2D eigenvalue weighted by atomic mass is 14.1. The highest BCUT2D eigenvalue weighted by Gasteiger charge is 2.08. The van der Waals surface area contributed by atoms with Gasteiger partial charge in [-0.05, 0) is 50.0 Å². The molecule has 0 bridgehead atoms. The standard InChI is InChI=1S/C22H34/c1-6-18(3)16-20(5)10-8-9-11-21(7-2)17-22-14-12-19(4)13-15-22/h6,12-15,18,21H,1,5,7-11,16-17H2,2-4H3. The summed E-state index contributed by atoms with van der Waals surface area (Å²) in [5.41, 5.74) is 4.23. The zero-order valence-corrected chi connectivity index (χ0v) is 14.9. The van der Waals surface area contributed by atoms with Crippen LogP contribution < -0.4 is 0 Å². The van der Waals surface area contributed by atoms with Crippen LogP contribution in [-0.2, 0) is 6.42 Å². The number of rotatable bonds is 11. The number of aryl methyl sites for hydroxylation is 1. The van der Waals surface area contributed by atoms with E-state index in [1.807, 2.05) is 6.08 Å². The summed E-state index contributed by atoms with van der Waals surface area (Å²) in [6.45, 7) is 14.7. The van der Waals surface area contributed by atoms with Crippen LogP contribution in [0.5, 0.6) is 0 Å². The maximum Gasteiger partial charge on any atom is -0.0227 e. The van der Waals surface area contributed by atoms with Crippen molar-refractivity contribution in [1.82, 2.24) is 0 Å². The molecule has 2 atom stereocenters. The van der Waals surface area contributed by atoms with E-state index in [0.717, 1.165) is 12.3 Å². The van der Waals surface area contributed by atoms with Crippen molar-refractivity contribution in [3.05, 3.63) is 60.2 Å². The van der Waals surface area contributed by atoms with E-state index in [-0.39, 0.29) is 0 Å². The van der Waals surface area contributed by atoms with Gasteiger partial charge in [0.2, 0.25) is 0 Å². The van der Waals surface area contributed by atoms with E-state index < -0.39 is 0 Å². The molecule has 0 nitrogen and oxygen atoms in total. The molecule has 0 radical (unpaired) electrons. The lowest BCUT2D eigenvalue weighted by atomic mass is 9.90. The fourth-order valence-corrected chi connectivity index (χ4v) is 2.96. The summed E-state index contributed by atoms with van der Waals surface area (Å²) in [6.07, 6.45) is 10.8. The molecule has 122 valence electrons. The van der Waals surface area contributed by atoms with E-state index in [4.69, 9.17) is 0 Å². The lowest BCUT2D eigenvalue weighted by molar-refractivity contribution is 0.442. The fourth-order valence-electron chi connectivity index (χ4n) is 2.96. The molecule has 0 saturated heterocycles. The summed E-state index contributed by atoms with van der Waals surface area (Å²) >= 11 is 0. The van der Waals surface area contributed by atoms with E-state index in [1.165, 1.54) is 55.2 Å². The first-order valence-corrected chi connectivity index (χ1v) is 8.89. The van der Waals surface area contributed by atoms with Crippen molar-refractivity contribution in [1.29, 1.82) is 0 Å². The van der Waals surface area contributed by atoms with Crippen LogP contribution in [-0.4, -0.2) is 0 Å². The molecule has 1 aromatic carbocycles. The number of unbranched alkanes of at least 4 members (excludes halogenated alkanes) is 1. The maximum atomic E-state index is 4.21. The van der Waals surface area contributed by atoms with Gasteiger partial charge in [0.25, 0.3) is 0 Å². The molecule has 1 rings (SSSR count). The largest absolute Gasteiger partial charge is 0.103 e. The van der Waals surface area contributed by atoms with E-state index >= 15 is 0 Å². The van der Waals surface area contributed by atoms with Gasteiger partial charge < -0.3 is 0 Å². The summed E-state index contributed by atoms with van der Waals surface area (Å²) in [6, 6.07) is 9.03. The highest BCUT2D eigenvalue weighted by molar-refractivity contribution is 5.21. The van der Waals surface area contributed by atoms with Gasteiger partial charge in [-0.15, -0.1) is 6.58 Å². The van der Waals surface area contributed by atoms with Crippen molar-refractivity contribution < 1.29 is 0 Å².